The summed E-state index contributed by atoms with van der Waals surface area (Å²) < 4.78 is 0. The Bertz CT molecular complexity index is 762. The average Bonchev–Trinajstić information content (AvgIpc) is 2.91. The molecule has 4 aromatic heterocycles. The molecule has 0 aromatic carbocycles. The van der Waals surface area contributed by atoms with Gasteiger partial charge in [0.05, 0.1) is 0 Å². The summed E-state index contributed by atoms with van der Waals surface area (Å²) in [7, 11) is 0. The maximum Gasteiger partial charge on any atom is 3.00 e. The van der Waals surface area contributed by atoms with Crippen molar-refractivity contribution in [2.75, 3.05) is 0 Å². The van der Waals surface area contributed by atoms with E-state index in [0.717, 1.165) is 25.7 Å². The van der Waals surface area contributed by atoms with Crippen LogP contribution in [0.4, 0.5) is 0 Å². The number of halogens is 3. The summed E-state index contributed by atoms with van der Waals surface area (Å²) in [5.41, 5.74) is 5.39. The second kappa shape index (κ2) is 29.3. The Morgan fingerprint density at radius 2 is 0.500 bits per heavy atom. The number of pyridine rings is 4. The third kappa shape index (κ3) is 21.4. The maximum absolute atomic E-state index is 3.89. The minimum atomic E-state index is 0. The summed E-state index contributed by atoms with van der Waals surface area (Å²) in [6, 6.07) is 16.2. The largest absolute Gasteiger partial charge is 3.00 e. The molecule has 0 atom stereocenters. The number of rotatable bonds is 4. The van der Waals surface area contributed by atoms with Gasteiger partial charge in [-0.2, -0.15) is 0 Å². The molecule has 0 unspecified atom stereocenters. The Kier molecular flexibility index (Phi) is 33.6. The maximum atomic E-state index is 3.89. The van der Waals surface area contributed by atoms with Gasteiger partial charge in [0, 0.05) is 49.6 Å². The summed E-state index contributed by atoms with van der Waals surface area (Å²) in [6.07, 6.45) is 18.9. The van der Waals surface area contributed by atoms with Gasteiger partial charge >= 0.3 is 19.5 Å². The predicted octanol–water partition coefficient (Wildman–Crippen LogP) is -2.41. The minimum Gasteiger partial charge on any atom is -1.00 e. The van der Waals surface area contributed by atoms with Crippen LogP contribution in [0.3, 0.4) is 0 Å². The van der Waals surface area contributed by atoms with Gasteiger partial charge in [-0.15, -0.1) is 0 Å². The van der Waals surface area contributed by atoms with Crippen LogP contribution in [0.25, 0.3) is 0 Å². The monoisotopic (exact) mass is 636 g/mol. The van der Waals surface area contributed by atoms with Crippen molar-refractivity contribution in [1.29, 1.82) is 0 Å². The van der Waals surface area contributed by atoms with Gasteiger partial charge in [-0.05, 0) is 96.5 Å². The Balaban J connectivity index is -0.000000183. The van der Waals surface area contributed by atoms with Crippen molar-refractivity contribution in [2.45, 2.75) is 53.4 Å². The molecule has 0 N–H and O–H groups in total. The molecule has 0 aliphatic carbocycles. The van der Waals surface area contributed by atoms with Crippen LogP contribution < -0.4 is 37.2 Å². The first-order chi connectivity index (χ1) is 15.7. The fourth-order valence-corrected chi connectivity index (χ4v) is 2.47. The van der Waals surface area contributed by atoms with Crippen LogP contribution in [0.5, 0.6) is 0 Å². The zero-order chi connectivity index (χ0) is 23.3. The third-order valence-electron chi connectivity index (χ3n) is 4.63. The van der Waals surface area contributed by atoms with Gasteiger partial charge < -0.3 is 37.2 Å². The normalized spacial score (nSPS) is 8.11. The molecule has 4 heterocycles. The molecule has 0 bridgehead atoms. The number of aryl methyl sites for hydroxylation is 4. The number of hydrogen-bond donors (Lipinski definition) is 0. The summed E-state index contributed by atoms with van der Waals surface area (Å²) in [6.45, 7) is 8.54. The van der Waals surface area contributed by atoms with Crippen molar-refractivity contribution in [1.82, 2.24) is 19.9 Å². The molecule has 4 nitrogen and oxygen atoms in total. The molecule has 0 aliphatic rings. The van der Waals surface area contributed by atoms with Gasteiger partial charge in [0.1, 0.15) is 0 Å². The van der Waals surface area contributed by atoms with Gasteiger partial charge in [0.15, 0.2) is 0 Å². The molecule has 4 rings (SSSR count). The van der Waals surface area contributed by atoms with E-state index in [0.29, 0.717) is 0 Å². The Morgan fingerprint density at radius 3 is 0.583 bits per heavy atom. The third-order valence-corrected chi connectivity index (χ3v) is 4.63. The van der Waals surface area contributed by atoms with Crippen molar-refractivity contribution in [3.8, 4) is 0 Å². The molecular formula is C28H36Cl3N4Rh. The molecule has 4 aromatic rings. The van der Waals surface area contributed by atoms with Crippen molar-refractivity contribution in [2.24, 2.45) is 0 Å². The van der Waals surface area contributed by atoms with Crippen molar-refractivity contribution >= 4 is 0 Å². The minimum absolute atomic E-state index is 0. The molecule has 0 aliphatic heterocycles. The van der Waals surface area contributed by atoms with Crippen LogP contribution >= 0.6 is 0 Å². The number of nitrogens with zero attached hydrogens (tertiary/aromatic N) is 4. The molecule has 0 spiro atoms. The van der Waals surface area contributed by atoms with Gasteiger partial charge in [0.2, 0.25) is 0 Å². The zero-order valence-electron chi connectivity index (χ0n) is 21.3. The molecule has 0 amide bonds. The van der Waals surface area contributed by atoms with Crippen LogP contribution in [0.2, 0.25) is 0 Å². The fourth-order valence-electron chi connectivity index (χ4n) is 2.47. The van der Waals surface area contributed by atoms with Crippen LogP contribution in [0, 0.1) is 0 Å². The van der Waals surface area contributed by atoms with Gasteiger partial charge in [-0.1, -0.05) is 27.7 Å². The first kappa shape index (κ1) is 41.2. The van der Waals surface area contributed by atoms with Crippen LogP contribution in [0.1, 0.15) is 49.9 Å². The van der Waals surface area contributed by atoms with Gasteiger partial charge in [-0.25, -0.2) is 0 Å². The molecule has 0 saturated carbocycles. The summed E-state index contributed by atoms with van der Waals surface area (Å²) in [5, 5.41) is 0. The molecule has 0 fully saturated rings. The summed E-state index contributed by atoms with van der Waals surface area (Å²) >= 11 is 0. The quantitative estimate of drug-likeness (QED) is 0.234. The molecule has 36 heavy (non-hydrogen) atoms. The number of hydrogen-bond acceptors (Lipinski definition) is 4. The Hall–Kier alpha value is -1.91. The van der Waals surface area contributed by atoms with Crippen LogP contribution in [-0.4, -0.2) is 19.9 Å². The molecule has 198 valence electrons. The van der Waals surface area contributed by atoms with Crippen molar-refractivity contribution < 1.29 is 56.7 Å². The average molecular weight is 638 g/mol. The van der Waals surface area contributed by atoms with Gasteiger partial charge in [-0.3, -0.25) is 19.9 Å². The Labute approximate surface area is 249 Å². The van der Waals surface area contributed by atoms with E-state index < -0.39 is 0 Å². The Morgan fingerprint density at radius 1 is 0.361 bits per heavy atom. The van der Waals surface area contributed by atoms with Crippen molar-refractivity contribution in [3.63, 3.8) is 0 Å². The fraction of sp³-hybridized carbons (Fsp3) is 0.286. The summed E-state index contributed by atoms with van der Waals surface area (Å²) in [5.74, 6) is 0. The van der Waals surface area contributed by atoms with E-state index in [4.69, 9.17) is 0 Å². The second-order valence-electron chi connectivity index (χ2n) is 6.84. The smallest absolute Gasteiger partial charge is 1.00 e. The first-order valence-electron chi connectivity index (χ1n) is 11.3. The van der Waals surface area contributed by atoms with Crippen LogP contribution in [0.15, 0.2) is 98.1 Å². The number of aromatic nitrogens is 4. The first-order valence-corrected chi connectivity index (χ1v) is 11.3. The standard InChI is InChI=1S/4C7H9N.3ClH.Rh/c4*1-2-7-3-5-8-6-4-7;;;;/h4*3-6H,2H2,1H3;3*1H;/q;;;;;;;+3/p-3. The van der Waals surface area contributed by atoms with E-state index in [-0.39, 0.29) is 56.7 Å². The van der Waals surface area contributed by atoms with E-state index >= 15 is 0 Å². The molecular weight excluding hydrogens is 602 g/mol. The van der Waals surface area contributed by atoms with Crippen LogP contribution in [-0.2, 0) is 45.2 Å². The summed E-state index contributed by atoms with van der Waals surface area (Å²) in [4.78, 5) is 15.6. The molecule has 0 radical (unpaired) electrons. The SMILES string of the molecule is CCc1ccncc1.CCc1ccncc1.CCc1ccncc1.CCc1ccncc1.[Cl-].[Cl-].[Cl-].[Rh+3]. The second-order valence-corrected chi connectivity index (χ2v) is 6.84. The van der Waals surface area contributed by atoms with E-state index in [2.05, 4.69) is 47.6 Å². The van der Waals surface area contributed by atoms with E-state index in [1.165, 1.54) is 22.3 Å². The molecule has 8 heteroatoms. The predicted molar refractivity (Wildman–Crippen MR) is 134 cm³/mol. The van der Waals surface area contributed by atoms with E-state index in [1.54, 1.807) is 0 Å². The van der Waals surface area contributed by atoms with Gasteiger partial charge in [0.25, 0.3) is 0 Å². The van der Waals surface area contributed by atoms with E-state index in [9.17, 15) is 0 Å². The zero-order valence-corrected chi connectivity index (χ0v) is 25.2. The molecule has 0 saturated heterocycles. The van der Waals surface area contributed by atoms with Crippen molar-refractivity contribution in [3.05, 3.63) is 120 Å². The van der Waals surface area contributed by atoms with E-state index in [1.807, 2.05) is 98.1 Å². The topological polar surface area (TPSA) is 51.6 Å².